The quantitative estimate of drug-likeness (QED) is 0.405. The Bertz CT molecular complexity index is 982. The minimum absolute atomic E-state index is 0.0749. The third-order valence-corrected chi connectivity index (χ3v) is 7.86. The molecule has 2 aliphatic rings. The van der Waals surface area contributed by atoms with Crippen molar-refractivity contribution in [3.63, 3.8) is 0 Å². The van der Waals surface area contributed by atoms with E-state index in [-0.39, 0.29) is 6.54 Å². The first-order chi connectivity index (χ1) is 17.1. The Morgan fingerprint density at radius 1 is 0.861 bits per heavy atom. The molecular formula is C30H40F3N3. The molecule has 0 saturated carbocycles. The summed E-state index contributed by atoms with van der Waals surface area (Å²) >= 11 is 0. The molecule has 6 heteroatoms. The number of alkyl halides is 3. The number of nitrogens with zero attached hydrogens (tertiary/aromatic N) is 2. The van der Waals surface area contributed by atoms with Crippen LogP contribution in [-0.4, -0.2) is 55.2 Å². The van der Waals surface area contributed by atoms with Crippen LogP contribution in [0.15, 0.2) is 55.1 Å². The Balaban J connectivity index is 1.24. The van der Waals surface area contributed by atoms with E-state index in [9.17, 15) is 13.2 Å². The highest BCUT2D eigenvalue weighted by Gasteiger charge is 2.48. The predicted molar refractivity (Wildman–Crippen MR) is 144 cm³/mol. The van der Waals surface area contributed by atoms with Crippen molar-refractivity contribution in [2.24, 2.45) is 11.3 Å². The molecule has 2 aromatic carbocycles. The highest BCUT2D eigenvalue weighted by Crippen LogP contribution is 2.38. The first kappa shape index (κ1) is 26.6. The maximum atomic E-state index is 13.2. The van der Waals surface area contributed by atoms with Gasteiger partial charge in [0.05, 0.1) is 5.41 Å². The minimum atomic E-state index is -4.17. The molecule has 2 saturated heterocycles. The summed E-state index contributed by atoms with van der Waals surface area (Å²) in [5.74, 6) is 0.482. The molecule has 0 amide bonds. The van der Waals surface area contributed by atoms with Crippen molar-refractivity contribution in [3.8, 4) is 11.1 Å². The highest BCUT2D eigenvalue weighted by atomic mass is 19.4. The average molecular weight is 500 g/mol. The zero-order valence-electron chi connectivity index (χ0n) is 21.7. The molecule has 0 unspecified atom stereocenters. The molecule has 1 N–H and O–H groups in total. The highest BCUT2D eigenvalue weighted by molar-refractivity contribution is 5.70. The summed E-state index contributed by atoms with van der Waals surface area (Å²) < 4.78 is 39.6. The molecule has 2 aromatic rings. The normalized spacial score (nSPS) is 18.3. The van der Waals surface area contributed by atoms with Crippen molar-refractivity contribution < 1.29 is 13.2 Å². The van der Waals surface area contributed by atoms with Gasteiger partial charge in [0.15, 0.2) is 0 Å². The lowest BCUT2D eigenvalue weighted by atomic mass is 9.89. The third-order valence-electron chi connectivity index (χ3n) is 7.86. The molecule has 0 bridgehead atoms. The number of hydrogen-bond acceptors (Lipinski definition) is 3. The number of piperidine rings is 2. The lowest BCUT2D eigenvalue weighted by Crippen LogP contribution is -2.46. The minimum Gasteiger partial charge on any atom is -0.385 e. The molecule has 0 aromatic heterocycles. The Morgan fingerprint density at radius 2 is 1.42 bits per heavy atom. The second-order valence-electron chi connectivity index (χ2n) is 11.1. The summed E-state index contributed by atoms with van der Waals surface area (Å²) in [4.78, 5) is 4.36. The largest absolute Gasteiger partial charge is 0.395 e. The molecule has 0 spiro atoms. The molecule has 3 nitrogen and oxygen atoms in total. The van der Waals surface area contributed by atoms with Gasteiger partial charge in [-0.1, -0.05) is 43.0 Å². The maximum Gasteiger partial charge on any atom is 0.395 e. The first-order valence-corrected chi connectivity index (χ1v) is 13.3. The predicted octanol–water partition coefficient (Wildman–Crippen LogP) is 7.52. The summed E-state index contributed by atoms with van der Waals surface area (Å²) in [6, 6.07) is 17.2. The Labute approximate surface area is 214 Å². The van der Waals surface area contributed by atoms with Gasteiger partial charge in [-0.3, -0.25) is 0 Å². The number of benzene rings is 2. The fourth-order valence-electron chi connectivity index (χ4n) is 5.24. The average Bonchev–Trinajstić information content (AvgIpc) is 2.88. The summed E-state index contributed by atoms with van der Waals surface area (Å²) in [6.07, 6.45) is 1.49. The molecule has 36 heavy (non-hydrogen) atoms. The van der Waals surface area contributed by atoms with Crippen molar-refractivity contribution >= 4 is 11.4 Å². The van der Waals surface area contributed by atoms with Gasteiger partial charge in [0.1, 0.15) is 0 Å². The van der Waals surface area contributed by atoms with Crippen molar-refractivity contribution in [2.45, 2.75) is 52.1 Å². The van der Waals surface area contributed by atoms with Crippen LogP contribution in [0.2, 0.25) is 0 Å². The van der Waals surface area contributed by atoms with Crippen LogP contribution < -0.4 is 5.32 Å². The van der Waals surface area contributed by atoms with Crippen LogP contribution in [0.5, 0.6) is 0 Å². The molecule has 4 rings (SSSR count). The summed E-state index contributed by atoms with van der Waals surface area (Å²) in [6.45, 7) is 11.5. The van der Waals surface area contributed by atoms with E-state index in [4.69, 9.17) is 0 Å². The van der Waals surface area contributed by atoms with Crippen LogP contribution in [0.4, 0.5) is 18.9 Å². The van der Waals surface area contributed by atoms with Crippen molar-refractivity contribution in [1.82, 2.24) is 9.80 Å². The zero-order valence-corrected chi connectivity index (χ0v) is 21.7. The fraction of sp³-hybridized carbons (Fsp3) is 0.533. The Kier molecular flexibility index (Phi) is 8.34. The Morgan fingerprint density at radius 3 is 1.97 bits per heavy atom. The SMILES string of the molecule is C=C(c1ccc(-c2ccc(NCC3CCN(CC(C)(C)C(F)(F)F)CC3)cc2)cc1)N1CCCCC1. The number of rotatable bonds is 8. The van der Waals surface area contributed by atoms with Gasteiger partial charge >= 0.3 is 6.18 Å². The Hall–Kier alpha value is -2.47. The summed E-state index contributed by atoms with van der Waals surface area (Å²) in [7, 11) is 0. The number of likely N-dealkylation sites (tertiary alicyclic amines) is 2. The van der Waals surface area contributed by atoms with E-state index in [0.29, 0.717) is 5.92 Å². The third kappa shape index (κ3) is 6.64. The van der Waals surface area contributed by atoms with E-state index in [0.717, 1.165) is 56.9 Å². The molecule has 0 aliphatic carbocycles. The van der Waals surface area contributed by atoms with Crippen molar-refractivity contribution in [1.29, 1.82) is 0 Å². The molecule has 196 valence electrons. The molecule has 0 atom stereocenters. The van der Waals surface area contributed by atoms with Crippen molar-refractivity contribution in [3.05, 3.63) is 60.7 Å². The van der Waals surface area contributed by atoms with Gasteiger partial charge in [-0.15, -0.1) is 0 Å². The van der Waals surface area contributed by atoms with E-state index in [1.165, 1.54) is 49.8 Å². The van der Waals surface area contributed by atoms with E-state index < -0.39 is 11.6 Å². The van der Waals surface area contributed by atoms with Crippen LogP contribution in [0.25, 0.3) is 16.8 Å². The van der Waals surface area contributed by atoms with Crippen LogP contribution >= 0.6 is 0 Å². The van der Waals surface area contributed by atoms with E-state index in [1.54, 1.807) is 0 Å². The van der Waals surface area contributed by atoms with Crippen molar-refractivity contribution in [2.75, 3.05) is 44.6 Å². The van der Waals surface area contributed by atoms with E-state index in [1.807, 2.05) is 4.90 Å². The van der Waals surface area contributed by atoms with E-state index in [2.05, 4.69) is 65.3 Å². The zero-order chi connectivity index (χ0) is 25.8. The van der Waals surface area contributed by atoms with Gasteiger partial charge < -0.3 is 15.1 Å². The smallest absolute Gasteiger partial charge is 0.385 e. The van der Waals surface area contributed by atoms with Crippen LogP contribution in [0, 0.1) is 11.3 Å². The molecular weight excluding hydrogens is 459 g/mol. The van der Waals surface area contributed by atoms with Gasteiger partial charge in [0.2, 0.25) is 0 Å². The molecule has 0 radical (unpaired) electrons. The standard InChI is InChI=1S/C30H40F3N3/c1-23(36-17-5-4-6-18-36)25-7-9-26(10-8-25)27-11-13-28(14-12-27)34-21-24-15-19-35(20-16-24)22-29(2,3)30(31,32)33/h7-14,24,34H,1,4-6,15-22H2,2-3H3. The molecule has 2 fully saturated rings. The number of anilines is 1. The second-order valence-corrected chi connectivity index (χ2v) is 11.1. The van der Waals surface area contributed by atoms with Crippen LogP contribution in [0.3, 0.4) is 0 Å². The monoisotopic (exact) mass is 499 g/mol. The van der Waals surface area contributed by atoms with Gasteiger partial charge in [0.25, 0.3) is 0 Å². The summed E-state index contributed by atoms with van der Waals surface area (Å²) in [5.41, 5.74) is 4.08. The maximum absolute atomic E-state index is 13.2. The number of nitrogens with one attached hydrogen (secondary N) is 1. The number of halogens is 3. The lowest BCUT2D eigenvalue weighted by molar-refractivity contribution is -0.217. The van der Waals surface area contributed by atoms with Gasteiger partial charge in [0, 0.05) is 37.6 Å². The van der Waals surface area contributed by atoms with Crippen LogP contribution in [0.1, 0.15) is 51.5 Å². The summed E-state index contributed by atoms with van der Waals surface area (Å²) in [5, 5.41) is 3.53. The molecule has 2 heterocycles. The second kappa shape index (κ2) is 11.3. The van der Waals surface area contributed by atoms with Gasteiger partial charge in [-0.25, -0.2) is 0 Å². The first-order valence-electron chi connectivity index (χ1n) is 13.3. The topological polar surface area (TPSA) is 18.5 Å². The van der Waals surface area contributed by atoms with E-state index >= 15 is 0 Å². The molecule has 2 aliphatic heterocycles. The fourth-order valence-corrected chi connectivity index (χ4v) is 5.24. The van der Waals surface area contributed by atoms with Crippen LogP contribution in [-0.2, 0) is 0 Å². The van der Waals surface area contributed by atoms with Gasteiger partial charge in [-0.05, 0) is 93.8 Å². The number of hydrogen-bond donors (Lipinski definition) is 1. The lowest BCUT2D eigenvalue weighted by Gasteiger charge is -2.38. The van der Waals surface area contributed by atoms with Gasteiger partial charge in [-0.2, -0.15) is 13.2 Å².